The van der Waals surface area contributed by atoms with Crippen LogP contribution in [-0.4, -0.2) is 58.3 Å². The standard InChI is InChI=1S/C21H23FN4O3S/c1-2-9-26-15-23-30(28,29)20-14-16(7-8-19(20)26)21(27)25-12-10-24(11-13-25)18-6-4-3-5-17(18)22/h3-8,14-15H,2,9-13H2,1H3. The molecule has 2 aliphatic rings. The molecule has 0 bridgehead atoms. The molecule has 7 nitrogen and oxygen atoms in total. The lowest BCUT2D eigenvalue weighted by Gasteiger charge is -2.36. The lowest BCUT2D eigenvalue weighted by molar-refractivity contribution is 0.0746. The number of piperazine rings is 1. The molecule has 0 aliphatic carbocycles. The van der Waals surface area contributed by atoms with Crippen LogP contribution in [0.1, 0.15) is 23.7 Å². The quantitative estimate of drug-likeness (QED) is 0.746. The van der Waals surface area contributed by atoms with Crippen molar-refractivity contribution < 1.29 is 17.6 Å². The van der Waals surface area contributed by atoms with E-state index in [0.717, 1.165) is 6.42 Å². The SMILES string of the molecule is CCCN1C=NS(=O)(=O)c2cc(C(=O)N3CCN(c4ccccc4F)CC3)ccc21. The number of sulfonamides is 1. The number of benzene rings is 2. The summed E-state index contributed by atoms with van der Waals surface area (Å²) in [4.78, 5) is 18.4. The third kappa shape index (κ3) is 3.77. The number of carbonyl (C=O) groups is 1. The molecule has 0 atom stereocenters. The predicted molar refractivity (Wildman–Crippen MR) is 114 cm³/mol. The van der Waals surface area contributed by atoms with Crippen molar-refractivity contribution in [1.82, 2.24) is 4.90 Å². The minimum atomic E-state index is -3.82. The second-order valence-corrected chi connectivity index (χ2v) is 8.90. The minimum Gasteiger partial charge on any atom is -0.366 e. The summed E-state index contributed by atoms with van der Waals surface area (Å²) in [6.07, 6.45) is 2.16. The Morgan fingerprint density at radius 3 is 2.50 bits per heavy atom. The number of amides is 1. The molecule has 1 saturated heterocycles. The van der Waals surface area contributed by atoms with Gasteiger partial charge < -0.3 is 14.7 Å². The van der Waals surface area contributed by atoms with Gasteiger partial charge in [0, 0.05) is 38.3 Å². The Morgan fingerprint density at radius 1 is 1.07 bits per heavy atom. The van der Waals surface area contributed by atoms with E-state index in [9.17, 15) is 17.6 Å². The summed E-state index contributed by atoms with van der Waals surface area (Å²) in [5, 5.41) is 0. The molecule has 4 rings (SSSR count). The van der Waals surface area contributed by atoms with Gasteiger partial charge >= 0.3 is 0 Å². The normalized spacial score (nSPS) is 17.7. The van der Waals surface area contributed by atoms with Crippen LogP contribution in [0.3, 0.4) is 0 Å². The van der Waals surface area contributed by atoms with Crippen molar-refractivity contribution >= 4 is 33.6 Å². The Kier molecular flexibility index (Phi) is 5.46. The number of anilines is 2. The van der Waals surface area contributed by atoms with Gasteiger partial charge in [0.2, 0.25) is 0 Å². The third-order valence-electron chi connectivity index (χ3n) is 5.34. The molecule has 0 N–H and O–H groups in total. The second-order valence-electron chi connectivity index (χ2n) is 7.30. The lowest BCUT2D eigenvalue weighted by atomic mass is 10.1. The van der Waals surface area contributed by atoms with E-state index >= 15 is 0 Å². The number of carbonyl (C=O) groups excluding carboxylic acids is 1. The first-order valence-corrected chi connectivity index (χ1v) is 11.3. The van der Waals surface area contributed by atoms with Gasteiger partial charge in [-0.3, -0.25) is 4.79 Å². The van der Waals surface area contributed by atoms with Crippen LogP contribution < -0.4 is 9.80 Å². The van der Waals surface area contributed by atoms with E-state index in [1.54, 1.807) is 40.1 Å². The number of hydrogen-bond acceptors (Lipinski definition) is 5. The van der Waals surface area contributed by atoms with Crippen molar-refractivity contribution in [1.29, 1.82) is 0 Å². The fourth-order valence-corrected chi connectivity index (χ4v) is 4.87. The van der Waals surface area contributed by atoms with Gasteiger partial charge in [-0.25, -0.2) is 4.39 Å². The highest BCUT2D eigenvalue weighted by Gasteiger charge is 2.29. The van der Waals surface area contributed by atoms with E-state index in [-0.39, 0.29) is 16.6 Å². The van der Waals surface area contributed by atoms with Gasteiger partial charge in [0.15, 0.2) is 0 Å². The van der Waals surface area contributed by atoms with Gasteiger partial charge in [-0.05, 0) is 36.8 Å². The summed E-state index contributed by atoms with van der Waals surface area (Å²) in [5.74, 6) is -0.521. The summed E-state index contributed by atoms with van der Waals surface area (Å²) in [6, 6.07) is 11.3. The van der Waals surface area contributed by atoms with Gasteiger partial charge in [-0.2, -0.15) is 8.42 Å². The minimum absolute atomic E-state index is 0.0503. The highest BCUT2D eigenvalue weighted by atomic mass is 32.2. The molecule has 0 saturated carbocycles. The zero-order valence-corrected chi connectivity index (χ0v) is 17.5. The lowest BCUT2D eigenvalue weighted by Crippen LogP contribution is -2.49. The Hall–Kier alpha value is -2.94. The number of para-hydroxylation sites is 1. The fourth-order valence-electron chi connectivity index (χ4n) is 3.79. The zero-order valence-electron chi connectivity index (χ0n) is 16.7. The Bertz CT molecular complexity index is 1100. The maximum Gasteiger partial charge on any atom is 0.285 e. The van der Waals surface area contributed by atoms with Crippen LogP contribution in [0.15, 0.2) is 51.8 Å². The van der Waals surface area contributed by atoms with Gasteiger partial charge in [0.1, 0.15) is 17.1 Å². The summed E-state index contributed by atoms with van der Waals surface area (Å²) in [5.41, 5.74) is 1.37. The first-order chi connectivity index (χ1) is 14.4. The van der Waals surface area contributed by atoms with Crippen molar-refractivity contribution in [3.8, 4) is 0 Å². The van der Waals surface area contributed by atoms with Crippen LogP contribution in [0, 0.1) is 5.82 Å². The fraction of sp³-hybridized carbons (Fsp3) is 0.333. The monoisotopic (exact) mass is 430 g/mol. The summed E-state index contributed by atoms with van der Waals surface area (Å²) >= 11 is 0. The number of hydrogen-bond donors (Lipinski definition) is 0. The Balaban J connectivity index is 1.52. The summed E-state index contributed by atoms with van der Waals surface area (Å²) in [7, 11) is -3.82. The predicted octanol–water partition coefficient (Wildman–Crippen LogP) is 2.74. The molecule has 2 aliphatic heterocycles. The van der Waals surface area contributed by atoms with Crippen molar-refractivity contribution in [3.05, 3.63) is 53.8 Å². The second kappa shape index (κ2) is 8.06. The van der Waals surface area contributed by atoms with Crippen LogP contribution in [0.5, 0.6) is 0 Å². The molecule has 1 amide bonds. The topological polar surface area (TPSA) is 73.3 Å². The van der Waals surface area contributed by atoms with Gasteiger partial charge in [-0.1, -0.05) is 19.1 Å². The maximum atomic E-state index is 14.0. The average Bonchev–Trinajstić information content (AvgIpc) is 2.76. The number of halogens is 1. The first-order valence-electron chi connectivity index (χ1n) is 9.90. The van der Waals surface area contributed by atoms with Crippen LogP contribution in [-0.2, 0) is 10.0 Å². The summed E-state index contributed by atoms with van der Waals surface area (Å²) < 4.78 is 42.5. The number of nitrogens with zero attached hydrogens (tertiary/aromatic N) is 4. The van der Waals surface area contributed by atoms with E-state index in [0.29, 0.717) is 49.7 Å². The van der Waals surface area contributed by atoms with E-state index in [1.807, 2.05) is 11.8 Å². The van der Waals surface area contributed by atoms with Crippen LogP contribution >= 0.6 is 0 Å². The zero-order chi connectivity index (χ0) is 21.3. The van der Waals surface area contributed by atoms with Crippen molar-refractivity contribution in [2.24, 2.45) is 4.40 Å². The molecule has 1 fully saturated rings. The smallest absolute Gasteiger partial charge is 0.285 e. The van der Waals surface area contributed by atoms with Gasteiger partial charge in [0.05, 0.1) is 11.4 Å². The molecular formula is C21H23FN4O3S. The number of rotatable bonds is 4. The van der Waals surface area contributed by atoms with E-state index < -0.39 is 10.0 Å². The van der Waals surface area contributed by atoms with E-state index in [2.05, 4.69) is 4.40 Å². The molecule has 0 unspecified atom stereocenters. The van der Waals surface area contributed by atoms with Crippen LogP contribution in [0.25, 0.3) is 0 Å². The highest BCUT2D eigenvalue weighted by molar-refractivity contribution is 7.90. The molecular weight excluding hydrogens is 407 g/mol. The van der Waals surface area contributed by atoms with Crippen LogP contribution in [0.2, 0.25) is 0 Å². The van der Waals surface area contributed by atoms with Gasteiger partial charge in [0.25, 0.3) is 15.9 Å². The van der Waals surface area contributed by atoms with Crippen molar-refractivity contribution in [2.45, 2.75) is 18.2 Å². The molecule has 0 spiro atoms. The summed E-state index contributed by atoms with van der Waals surface area (Å²) in [6.45, 7) is 4.50. The van der Waals surface area contributed by atoms with Crippen molar-refractivity contribution in [3.63, 3.8) is 0 Å². The molecule has 30 heavy (non-hydrogen) atoms. The molecule has 2 aromatic rings. The highest BCUT2D eigenvalue weighted by Crippen LogP contribution is 2.31. The molecule has 158 valence electrons. The molecule has 2 heterocycles. The molecule has 2 aromatic carbocycles. The van der Waals surface area contributed by atoms with Crippen LogP contribution in [0.4, 0.5) is 15.8 Å². The Labute approximate surface area is 175 Å². The molecule has 0 radical (unpaired) electrons. The van der Waals surface area contributed by atoms with Crippen molar-refractivity contribution in [2.75, 3.05) is 42.5 Å². The third-order valence-corrected chi connectivity index (χ3v) is 6.60. The Morgan fingerprint density at radius 2 is 1.80 bits per heavy atom. The molecule has 0 aromatic heterocycles. The largest absolute Gasteiger partial charge is 0.366 e. The number of fused-ring (bicyclic) bond motifs is 1. The molecule has 9 heteroatoms. The maximum absolute atomic E-state index is 14.0. The average molecular weight is 431 g/mol. The van der Waals surface area contributed by atoms with Gasteiger partial charge in [-0.15, -0.1) is 4.40 Å². The van der Waals surface area contributed by atoms with E-state index in [1.165, 1.54) is 18.5 Å². The first kappa shape index (κ1) is 20.3. The van der Waals surface area contributed by atoms with E-state index in [4.69, 9.17) is 0 Å².